The molecule has 5 heteroatoms. The van der Waals surface area contributed by atoms with Gasteiger partial charge < -0.3 is 14.4 Å². The minimum Gasteiger partial charge on any atom is -0.508 e. The third-order valence-corrected chi connectivity index (χ3v) is 6.33. The topological polar surface area (TPSA) is 70.8 Å². The van der Waals surface area contributed by atoms with Crippen molar-refractivity contribution in [2.75, 3.05) is 6.54 Å². The van der Waals surface area contributed by atoms with Gasteiger partial charge in [-0.2, -0.15) is 0 Å². The van der Waals surface area contributed by atoms with Crippen LogP contribution in [0, 0.1) is 17.8 Å². The fourth-order valence-corrected chi connectivity index (χ4v) is 5.59. The van der Waals surface area contributed by atoms with Gasteiger partial charge in [-0.25, -0.2) is 4.79 Å². The summed E-state index contributed by atoms with van der Waals surface area (Å²) >= 11 is 0. The van der Waals surface area contributed by atoms with E-state index in [0.717, 1.165) is 36.8 Å². The molecule has 4 rings (SSSR count). The number of benzene rings is 1. The lowest BCUT2D eigenvalue weighted by Crippen LogP contribution is -2.39. The molecule has 1 saturated heterocycles. The number of amides is 1. The lowest BCUT2D eigenvalue weighted by Gasteiger charge is -2.39. The highest BCUT2D eigenvalue weighted by Gasteiger charge is 2.50. The number of nitrogens with zero attached hydrogens (tertiary/aromatic N) is 1. The van der Waals surface area contributed by atoms with Crippen molar-refractivity contribution in [2.45, 2.75) is 59.4 Å². The molecule has 0 radical (unpaired) electrons. The second kappa shape index (κ2) is 5.85. The van der Waals surface area contributed by atoms with Gasteiger partial charge in [0.25, 0.3) is 0 Å². The third kappa shape index (κ3) is 3.13. The Morgan fingerprint density at radius 1 is 1.30 bits per heavy atom. The first-order valence-electron chi connectivity index (χ1n) is 9.62. The first-order valence-corrected chi connectivity index (χ1v) is 9.62. The normalized spacial score (nSPS) is 26.5. The Morgan fingerprint density at radius 2 is 2.04 bits per heavy atom. The van der Waals surface area contributed by atoms with E-state index in [1.54, 1.807) is 12.1 Å². The number of fused-ring (bicyclic) bond motifs is 3. The third-order valence-electron chi connectivity index (χ3n) is 6.33. The molecule has 1 aliphatic carbocycles. The van der Waals surface area contributed by atoms with Crippen LogP contribution in [0.15, 0.2) is 27.4 Å². The van der Waals surface area contributed by atoms with E-state index in [-0.39, 0.29) is 34.9 Å². The standard InChI is InChI=1S/C22H27NO4/c1-13-16-6-5-15(24)7-18(16)27-20(26)17(13)8-19(25)23-12-22(4)10-14(23)9-21(2,3)11-22/h5-7,14,24H,8-12H2,1-4H3. The van der Waals surface area contributed by atoms with Crippen molar-refractivity contribution in [2.24, 2.45) is 10.8 Å². The van der Waals surface area contributed by atoms with Gasteiger partial charge >= 0.3 is 5.63 Å². The number of phenolic OH excluding ortho intramolecular Hbond substituents is 1. The molecule has 27 heavy (non-hydrogen) atoms. The van der Waals surface area contributed by atoms with E-state index in [1.165, 1.54) is 6.07 Å². The van der Waals surface area contributed by atoms with Gasteiger partial charge in [-0.15, -0.1) is 0 Å². The fraction of sp³-hybridized carbons (Fsp3) is 0.545. The summed E-state index contributed by atoms with van der Waals surface area (Å²) < 4.78 is 5.37. The molecule has 1 saturated carbocycles. The maximum Gasteiger partial charge on any atom is 0.340 e. The van der Waals surface area contributed by atoms with Crippen LogP contribution in [0.1, 0.15) is 51.2 Å². The molecular formula is C22H27NO4. The Hall–Kier alpha value is -2.30. The van der Waals surface area contributed by atoms with Gasteiger partial charge in [-0.05, 0) is 54.7 Å². The van der Waals surface area contributed by atoms with Crippen LogP contribution in [-0.4, -0.2) is 28.5 Å². The van der Waals surface area contributed by atoms with Crippen LogP contribution in [0.4, 0.5) is 0 Å². The van der Waals surface area contributed by atoms with Gasteiger partial charge in [0.2, 0.25) is 5.91 Å². The maximum atomic E-state index is 13.1. The average molecular weight is 369 g/mol. The Bertz CT molecular complexity index is 990. The van der Waals surface area contributed by atoms with E-state index in [1.807, 2.05) is 11.8 Å². The molecular weight excluding hydrogens is 342 g/mol. The first kappa shape index (κ1) is 18.1. The van der Waals surface area contributed by atoms with E-state index in [9.17, 15) is 14.7 Å². The molecule has 1 aromatic carbocycles. The number of aromatic hydroxyl groups is 1. The van der Waals surface area contributed by atoms with Gasteiger partial charge in [0.05, 0.1) is 12.0 Å². The minimum absolute atomic E-state index is 0.00922. The zero-order chi connectivity index (χ0) is 19.6. The summed E-state index contributed by atoms with van der Waals surface area (Å²) in [6.07, 6.45) is 3.25. The molecule has 144 valence electrons. The maximum absolute atomic E-state index is 13.1. The SMILES string of the molecule is Cc1c(CC(=O)N2CC3(C)CC2CC(C)(C)C3)c(=O)oc2cc(O)ccc12. The molecule has 1 aromatic heterocycles. The summed E-state index contributed by atoms with van der Waals surface area (Å²) in [6, 6.07) is 4.98. The Labute approximate surface area is 159 Å². The lowest BCUT2D eigenvalue weighted by molar-refractivity contribution is -0.131. The number of carbonyl (C=O) groups is 1. The van der Waals surface area contributed by atoms with Crippen molar-refractivity contribution in [3.05, 3.63) is 39.7 Å². The highest BCUT2D eigenvalue weighted by atomic mass is 16.4. The number of likely N-dealkylation sites (tertiary alicyclic amines) is 1. The second-order valence-electron chi connectivity index (χ2n) is 9.59. The number of hydrogen-bond acceptors (Lipinski definition) is 4. The van der Waals surface area contributed by atoms with Crippen LogP contribution in [0.2, 0.25) is 0 Å². The monoisotopic (exact) mass is 369 g/mol. The van der Waals surface area contributed by atoms with Gasteiger partial charge in [0.15, 0.2) is 0 Å². The quantitative estimate of drug-likeness (QED) is 0.818. The zero-order valence-electron chi connectivity index (χ0n) is 16.5. The van der Waals surface area contributed by atoms with E-state index in [4.69, 9.17) is 4.42 Å². The summed E-state index contributed by atoms with van der Waals surface area (Å²) in [5.41, 5.74) is 1.44. The number of hydrogen-bond donors (Lipinski definition) is 1. The Kier molecular flexibility index (Phi) is 3.92. The Morgan fingerprint density at radius 3 is 2.78 bits per heavy atom. The van der Waals surface area contributed by atoms with Crippen LogP contribution in [0.5, 0.6) is 5.75 Å². The predicted octanol–water partition coefficient (Wildman–Crippen LogP) is 3.78. The van der Waals surface area contributed by atoms with Gasteiger partial charge in [-0.3, -0.25) is 4.79 Å². The number of rotatable bonds is 2. The molecule has 2 heterocycles. The summed E-state index contributed by atoms with van der Waals surface area (Å²) in [4.78, 5) is 27.6. The molecule has 2 fully saturated rings. The molecule has 1 aliphatic heterocycles. The molecule has 2 unspecified atom stereocenters. The van der Waals surface area contributed by atoms with E-state index < -0.39 is 5.63 Å². The van der Waals surface area contributed by atoms with Gasteiger partial charge in [0, 0.05) is 24.0 Å². The molecule has 1 amide bonds. The van der Waals surface area contributed by atoms with E-state index >= 15 is 0 Å². The first-order chi connectivity index (χ1) is 12.6. The minimum atomic E-state index is -0.493. The summed E-state index contributed by atoms with van der Waals surface area (Å²) in [7, 11) is 0. The highest BCUT2D eigenvalue weighted by Crippen LogP contribution is 2.52. The van der Waals surface area contributed by atoms with Crippen molar-refractivity contribution in [1.29, 1.82) is 0 Å². The molecule has 2 aromatic rings. The molecule has 5 nitrogen and oxygen atoms in total. The summed E-state index contributed by atoms with van der Waals surface area (Å²) in [5.74, 6) is 0.0593. The number of phenols is 1. The van der Waals surface area contributed by atoms with Crippen molar-refractivity contribution in [1.82, 2.24) is 4.90 Å². The van der Waals surface area contributed by atoms with E-state index in [2.05, 4.69) is 20.8 Å². The Balaban J connectivity index is 1.64. The molecule has 2 bridgehead atoms. The van der Waals surface area contributed by atoms with Crippen LogP contribution in [0.3, 0.4) is 0 Å². The number of carbonyl (C=O) groups excluding carboxylic acids is 1. The molecule has 2 atom stereocenters. The van der Waals surface area contributed by atoms with Crippen molar-refractivity contribution >= 4 is 16.9 Å². The molecule has 0 spiro atoms. The zero-order valence-corrected chi connectivity index (χ0v) is 16.5. The van der Waals surface area contributed by atoms with Crippen LogP contribution < -0.4 is 5.63 Å². The summed E-state index contributed by atoms with van der Waals surface area (Å²) in [6.45, 7) is 9.44. The van der Waals surface area contributed by atoms with Crippen molar-refractivity contribution < 1.29 is 14.3 Å². The molecule has 2 aliphatic rings. The molecule has 1 N–H and O–H groups in total. The number of aryl methyl sites for hydroxylation is 1. The smallest absolute Gasteiger partial charge is 0.340 e. The van der Waals surface area contributed by atoms with E-state index in [0.29, 0.717) is 11.1 Å². The van der Waals surface area contributed by atoms with Gasteiger partial charge in [0.1, 0.15) is 11.3 Å². The van der Waals surface area contributed by atoms with Crippen molar-refractivity contribution in [3.8, 4) is 5.75 Å². The van der Waals surface area contributed by atoms with Crippen LogP contribution >= 0.6 is 0 Å². The fourth-order valence-electron chi connectivity index (χ4n) is 5.59. The largest absolute Gasteiger partial charge is 0.508 e. The predicted molar refractivity (Wildman–Crippen MR) is 104 cm³/mol. The van der Waals surface area contributed by atoms with Crippen molar-refractivity contribution in [3.63, 3.8) is 0 Å². The van der Waals surface area contributed by atoms with Crippen LogP contribution in [0.25, 0.3) is 11.0 Å². The highest BCUT2D eigenvalue weighted by molar-refractivity contribution is 5.85. The summed E-state index contributed by atoms with van der Waals surface area (Å²) in [5, 5.41) is 10.4. The lowest BCUT2D eigenvalue weighted by atomic mass is 9.65. The van der Waals surface area contributed by atoms with Crippen LogP contribution in [-0.2, 0) is 11.2 Å². The second-order valence-corrected chi connectivity index (χ2v) is 9.59. The van der Waals surface area contributed by atoms with Gasteiger partial charge in [-0.1, -0.05) is 20.8 Å². The average Bonchev–Trinajstić information content (AvgIpc) is 2.80.